The zero-order valence-corrected chi connectivity index (χ0v) is 18.9. The summed E-state index contributed by atoms with van der Waals surface area (Å²) in [4.78, 5) is 24.2. The van der Waals surface area contributed by atoms with Gasteiger partial charge < -0.3 is 15.0 Å². The number of carbonyl (C=O) groups excluding carboxylic acids is 1. The third-order valence-electron chi connectivity index (χ3n) is 3.65. The van der Waals surface area contributed by atoms with Crippen molar-refractivity contribution in [1.82, 2.24) is 15.2 Å². The minimum atomic E-state index is -0.478. The van der Waals surface area contributed by atoms with Crippen LogP contribution in [0.4, 0.5) is 0 Å². The van der Waals surface area contributed by atoms with Crippen molar-refractivity contribution in [3.63, 3.8) is 0 Å². The predicted molar refractivity (Wildman–Crippen MR) is 113 cm³/mol. The maximum atomic E-state index is 11.8. The summed E-state index contributed by atoms with van der Waals surface area (Å²) in [6.07, 6.45) is 4.76. The molecule has 0 bridgehead atoms. The van der Waals surface area contributed by atoms with Crippen LogP contribution in [0.1, 0.15) is 49.2 Å². The molecule has 25 heavy (non-hydrogen) atoms. The molecule has 1 aromatic rings. The normalized spacial score (nSPS) is 14.4. The number of hydrogen-bond acceptors (Lipinski definition) is 5. The van der Waals surface area contributed by atoms with Gasteiger partial charge in [-0.25, -0.2) is 4.98 Å². The van der Waals surface area contributed by atoms with E-state index >= 15 is 0 Å². The first-order chi connectivity index (χ1) is 11.3. The summed E-state index contributed by atoms with van der Waals surface area (Å²) < 4.78 is 5.30. The second kappa shape index (κ2) is 9.70. The third-order valence-corrected chi connectivity index (χ3v) is 4.79. The molecule has 1 aliphatic rings. The fourth-order valence-corrected chi connectivity index (χ4v) is 3.87. The quantitative estimate of drug-likeness (QED) is 0.311. The molecule has 0 spiro atoms. The molecular weight excluding hydrogens is 451 g/mol. The van der Waals surface area contributed by atoms with E-state index in [1.54, 1.807) is 18.4 Å². The van der Waals surface area contributed by atoms with Crippen LogP contribution < -0.4 is 5.32 Å². The van der Waals surface area contributed by atoms with Crippen LogP contribution in [-0.4, -0.2) is 48.1 Å². The highest BCUT2D eigenvalue weighted by atomic mass is 127. The highest BCUT2D eigenvalue weighted by Crippen LogP contribution is 2.27. The maximum Gasteiger partial charge on any atom is 0.325 e. The Morgan fingerprint density at radius 1 is 1.36 bits per heavy atom. The van der Waals surface area contributed by atoms with Crippen LogP contribution in [0.5, 0.6) is 0 Å². The van der Waals surface area contributed by atoms with E-state index in [1.165, 1.54) is 23.4 Å². The highest BCUT2D eigenvalue weighted by molar-refractivity contribution is 14.0. The zero-order chi connectivity index (χ0) is 17.7. The molecule has 0 radical (unpaired) electrons. The molecule has 0 amide bonds. The molecule has 0 aromatic carbocycles. The van der Waals surface area contributed by atoms with Gasteiger partial charge in [-0.05, 0) is 46.5 Å². The molecule has 1 aromatic heterocycles. The van der Waals surface area contributed by atoms with Crippen molar-refractivity contribution in [2.45, 2.75) is 58.6 Å². The first kappa shape index (κ1) is 22.1. The number of carbonyl (C=O) groups is 1. The summed E-state index contributed by atoms with van der Waals surface area (Å²) in [7, 11) is 3.66. The molecule has 1 aliphatic carbocycles. The van der Waals surface area contributed by atoms with Crippen molar-refractivity contribution in [2.24, 2.45) is 4.99 Å². The molecule has 0 unspecified atom stereocenters. The van der Waals surface area contributed by atoms with Crippen LogP contribution in [0.25, 0.3) is 0 Å². The van der Waals surface area contributed by atoms with Gasteiger partial charge in [-0.15, -0.1) is 35.3 Å². The number of rotatable bonds is 4. The number of thiazole rings is 1. The van der Waals surface area contributed by atoms with E-state index in [0.717, 1.165) is 17.8 Å². The number of nitrogens with one attached hydrogen (secondary N) is 1. The first-order valence-electron chi connectivity index (χ1n) is 8.39. The Morgan fingerprint density at radius 3 is 2.64 bits per heavy atom. The van der Waals surface area contributed by atoms with E-state index < -0.39 is 5.60 Å². The van der Waals surface area contributed by atoms with Gasteiger partial charge in [0.2, 0.25) is 0 Å². The standard InChI is InChI=1S/C17H28N4O2S.HI/c1-17(2,3)23-15(22)10-19-16(18-4)21(5)11-14-20-12-8-6-7-9-13(12)24-14;/h6-11H2,1-5H3,(H,18,19);1H. The monoisotopic (exact) mass is 480 g/mol. The summed E-state index contributed by atoms with van der Waals surface area (Å²) in [6.45, 7) is 6.36. The topological polar surface area (TPSA) is 66.8 Å². The fourth-order valence-electron chi connectivity index (χ4n) is 2.66. The Hall–Kier alpha value is -0.900. The zero-order valence-electron chi connectivity index (χ0n) is 15.7. The number of ether oxygens (including phenoxy) is 1. The number of esters is 1. The third kappa shape index (κ3) is 7.08. The van der Waals surface area contributed by atoms with E-state index in [4.69, 9.17) is 9.72 Å². The van der Waals surface area contributed by atoms with Crippen LogP contribution in [-0.2, 0) is 28.9 Å². The van der Waals surface area contributed by atoms with Gasteiger partial charge in [-0.1, -0.05) is 0 Å². The van der Waals surface area contributed by atoms with E-state index in [-0.39, 0.29) is 36.5 Å². The number of guanidine groups is 1. The lowest BCUT2D eigenvalue weighted by Gasteiger charge is -2.23. The molecule has 0 aliphatic heterocycles. The Balaban J connectivity index is 0.00000312. The average Bonchev–Trinajstić information content (AvgIpc) is 2.88. The van der Waals surface area contributed by atoms with E-state index in [9.17, 15) is 4.79 Å². The lowest BCUT2D eigenvalue weighted by molar-refractivity contribution is -0.153. The number of halogens is 1. The van der Waals surface area contributed by atoms with Crippen molar-refractivity contribution in [3.8, 4) is 0 Å². The van der Waals surface area contributed by atoms with Crippen molar-refractivity contribution < 1.29 is 9.53 Å². The van der Waals surface area contributed by atoms with Gasteiger partial charge >= 0.3 is 5.97 Å². The van der Waals surface area contributed by atoms with E-state index in [1.807, 2.05) is 32.7 Å². The van der Waals surface area contributed by atoms with Gasteiger partial charge in [0, 0.05) is 19.0 Å². The van der Waals surface area contributed by atoms with Gasteiger partial charge in [0.05, 0.1) is 12.2 Å². The Labute approximate surface area is 171 Å². The van der Waals surface area contributed by atoms with Crippen LogP contribution >= 0.6 is 35.3 Å². The second-order valence-corrected chi connectivity index (χ2v) is 8.20. The minimum Gasteiger partial charge on any atom is -0.459 e. The van der Waals surface area contributed by atoms with E-state index in [2.05, 4.69) is 10.3 Å². The van der Waals surface area contributed by atoms with Gasteiger partial charge in [0.15, 0.2) is 5.96 Å². The molecule has 0 saturated heterocycles. The van der Waals surface area contributed by atoms with Crippen molar-refractivity contribution >= 4 is 47.2 Å². The Kier molecular flexibility index (Phi) is 8.59. The number of aromatic nitrogens is 1. The molecule has 8 heteroatoms. The molecule has 142 valence electrons. The van der Waals surface area contributed by atoms with E-state index in [0.29, 0.717) is 12.5 Å². The molecule has 0 atom stereocenters. The predicted octanol–water partition coefficient (Wildman–Crippen LogP) is 2.99. The Morgan fingerprint density at radius 2 is 2.04 bits per heavy atom. The van der Waals surface area contributed by atoms with Gasteiger partial charge in [-0.2, -0.15) is 0 Å². The number of nitrogens with zero attached hydrogens (tertiary/aromatic N) is 3. The summed E-state index contributed by atoms with van der Waals surface area (Å²) in [5.41, 5.74) is 0.792. The molecular formula is C17H29IN4O2S. The number of aryl methyl sites for hydroxylation is 2. The molecule has 0 fully saturated rings. The van der Waals surface area contributed by atoms with Crippen molar-refractivity contribution in [3.05, 3.63) is 15.6 Å². The smallest absolute Gasteiger partial charge is 0.325 e. The number of aliphatic imine (C=N–C) groups is 1. The summed E-state index contributed by atoms with van der Waals surface area (Å²) in [5.74, 6) is 0.371. The van der Waals surface area contributed by atoms with Crippen molar-refractivity contribution in [1.29, 1.82) is 0 Å². The molecule has 0 saturated carbocycles. The Bertz CT molecular complexity index is 587. The molecule has 1 N–H and O–H groups in total. The molecule has 2 rings (SSSR count). The summed E-state index contributed by atoms with van der Waals surface area (Å²) in [6, 6.07) is 0. The van der Waals surface area contributed by atoms with Gasteiger partial charge in [0.1, 0.15) is 17.2 Å². The SMILES string of the molecule is CN=C(NCC(=O)OC(C)(C)C)N(C)Cc1nc2c(s1)CCCC2.I. The van der Waals surface area contributed by atoms with Crippen molar-refractivity contribution in [2.75, 3.05) is 20.6 Å². The average molecular weight is 480 g/mol. The summed E-state index contributed by atoms with van der Waals surface area (Å²) >= 11 is 1.80. The highest BCUT2D eigenvalue weighted by Gasteiger charge is 2.19. The largest absolute Gasteiger partial charge is 0.459 e. The summed E-state index contributed by atoms with van der Waals surface area (Å²) in [5, 5.41) is 4.15. The van der Waals surface area contributed by atoms with Crippen LogP contribution in [0, 0.1) is 0 Å². The lowest BCUT2D eigenvalue weighted by Crippen LogP contribution is -2.42. The number of hydrogen-bond donors (Lipinski definition) is 1. The minimum absolute atomic E-state index is 0. The first-order valence-corrected chi connectivity index (χ1v) is 9.21. The van der Waals surface area contributed by atoms with Crippen LogP contribution in [0.3, 0.4) is 0 Å². The lowest BCUT2D eigenvalue weighted by atomic mass is 10.0. The molecule has 1 heterocycles. The van der Waals surface area contributed by atoms with Crippen LogP contribution in [0.15, 0.2) is 4.99 Å². The molecule has 6 nitrogen and oxygen atoms in total. The fraction of sp³-hybridized carbons (Fsp3) is 0.706. The van der Waals surface area contributed by atoms with Gasteiger partial charge in [-0.3, -0.25) is 9.79 Å². The second-order valence-electron chi connectivity index (χ2n) is 7.03. The maximum absolute atomic E-state index is 11.8. The van der Waals surface area contributed by atoms with Gasteiger partial charge in [0.25, 0.3) is 0 Å². The number of fused-ring (bicyclic) bond motifs is 1. The van der Waals surface area contributed by atoms with Crippen LogP contribution in [0.2, 0.25) is 0 Å².